The SMILES string of the molecule is Cn1nnc(CC(N)C2CCCc3ccccc32)n1. The Kier molecular flexibility index (Phi) is 3.29. The van der Waals surface area contributed by atoms with Gasteiger partial charge in [-0.3, -0.25) is 0 Å². The van der Waals surface area contributed by atoms with Gasteiger partial charge >= 0.3 is 0 Å². The van der Waals surface area contributed by atoms with Gasteiger partial charge in [0, 0.05) is 12.5 Å². The first-order valence-electron chi connectivity index (χ1n) is 6.80. The van der Waals surface area contributed by atoms with Crippen LogP contribution in [0.1, 0.15) is 35.7 Å². The van der Waals surface area contributed by atoms with Crippen LogP contribution in [0.25, 0.3) is 0 Å². The van der Waals surface area contributed by atoms with E-state index < -0.39 is 0 Å². The Balaban J connectivity index is 1.79. The van der Waals surface area contributed by atoms with Gasteiger partial charge < -0.3 is 5.73 Å². The Labute approximate surface area is 112 Å². The van der Waals surface area contributed by atoms with E-state index in [-0.39, 0.29) is 6.04 Å². The number of nitrogens with two attached hydrogens (primary N) is 1. The molecule has 0 saturated heterocycles. The molecule has 0 radical (unpaired) electrons. The summed E-state index contributed by atoms with van der Waals surface area (Å²) in [6.07, 6.45) is 4.22. The van der Waals surface area contributed by atoms with Gasteiger partial charge in [0.25, 0.3) is 0 Å². The van der Waals surface area contributed by atoms with Gasteiger partial charge in [0.05, 0.1) is 7.05 Å². The summed E-state index contributed by atoms with van der Waals surface area (Å²) >= 11 is 0. The Morgan fingerprint density at radius 3 is 3.05 bits per heavy atom. The molecule has 100 valence electrons. The summed E-state index contributed by atoms with van der Waals surface area (Å²) in [6, 6.07) is 8.70. The lowest BCUT2D eigenvalue weighted by atomic mass is 9.78. The highest BCUT2D eigenvalue weighted by atomic mass is 15.6. The summed E-state index contributed by atoms with van der Waals surface area (Å²) in [5.74, 6) is 1.15. The van der Waals surface area contributed by atoms with Crippen LogP contribution in [0, 0.1) is 0 Å². The third-order valence-corrected chi connectivity index (χ3v) is 3.90. The molecule has 1 aromatic carbocycles. The Bertz CT molecular complexity index is 562. The highest BCUT2D eigenvalue weighted by molar-refractivity contribution is 5.33. The maximum Gasteiger partial charge on any atom is 0.176 e. The first-order chi connectivity index (χ1) is 9.24. The van der Waals surface area contributed by atoms with Gasteiger partial charge in [-0.05, 0) is 41.5 Å². The van der Waals surface area contributed by atoms with Crippen LogP contribution in [-0.4, -0.2) is 26.2 Å². The zero-order valence-electron chi connectivity index (χ0n) is 11.2. The summed E-state index contributed by atoms with van der Waals surface area (Å²) in [6.45, 7) is 0. The number of hydrogen-bond donors (Lipinski definition) is 1. The molecular weight excluding hydrogens is 238 g/mol. The van der Waals surface area contributed by atoms with Crippen molar-refractivity contribution < 1.29 is 0 Å². The Morgan fingerprint density at radius 2 is 2.26 bits per heavy atom. The topological polar surface area (TPSA) is 69.6 Å². The second-order valence-electron chi connectivity index (χ2n) is 5.26. The Hall–Kier alpha value is -1.75. The van der Waals surface area contributed by atoms with E-state index >= 15 is 0 Å². The van der Waals surface area contributed by atoms with Crippen molar-refractivity contribution in [1.29, 1.82) is 0 Å². The lowest BCUT2D eigenvalue weighted by molar-refractivity contribution is 0.453. The minimum atomic E-state index is 0.0608. The molecule has 0 bridgehead atoms. The molecule has 2 unspecified atom stereocenters. The van der Waals surface area contributed by atoms with Gasteiger partial charge in [0.15, 0.2) is 5.82 Å². The molecule has 2 aromatic rings. The monoisotopic (exact) mass is 257 g/mol. The highest BCUT2D eigenvalue weighted by Crippen LogP contribution is 2.33. The molecule has 0 amide bonds. The highest BCUT2D eigenvalue weighted by Gasteiger charge is 2.26. The molecule has 1 aromatic heterocycles. The average molecular weight is 257 g/mol. The largest absolute Gasteiger partial charge is 0.327 e. The maximum absolute atomic E-state index is 6.39. The average Bonchev–Trinajstić information content (AvgIpc) is 2.83. The minimum Gasteiger partial charge on any atom is -0.327 e. The third kappa shape index (κ3) is 2.51. The molecule has 3 rings (SSSR count). The van der Waals surface area contributed by atoms with E-state index in [4.69, 9.17) is 5.73 Å². The first-order valence-corrected chi connectivity index (χ1v) is 6.80. The van der Waals surface area contributed by atoms with Crippen molar-refractivity contribution in [3.8, 4) is 0 Å². The molecule has 0 spiro atoms. The number of benzene rings is 1. The zero-order valence-corrected chi connectivity index (χ0v) is 11.2. The van der Waals surface area contributed by atoms with Crippen LogP contribution >= 0.6 is 0 Å². The smallest absolute Gasteiger partial charge is 0.176 e. The third-order valence-electron chi connectivity index (χ3n) is 3.90. The zero-order chi connectivity index (χ0) is 13.2. The van der Waals surface area contributed by atoms with Crippen LogP contribution in [0.15, 0.2) is 24.3 Å². The normalized spacial score (nSPS) is 20.0. The van der Waals surface area contributed by atoms with E-state index in [1.807, 2.05) is 0 Å². The molecule has 0 fully saturated rings. The molecule has 19 heavy (non-hydrogen) atoms. The number of rotatable bonds is 3. The van der Waals surface area contributed by atoms with Gasteiger partial charge in [-0.1, -0.05) is 24.3 Å². The second kappa shape index (κ2) is 5.09. The summed E-state index contributed by atoms with van der Waals surface area (Å²) in [5.41, 5.74) is 9.24. The van der Waals surface area contributed by atoms with Crippen LogP contribution < -0.4 is 5.73 Å². The van der Waals surface area contributed by atoms with Crippen molar-refractivity contribution in [2.24, 2.45) is 12.8 Å². The van der Waals surface area contributed by atoms with E-state index in [1.165, 1.54) is 28.8 Å². The lowest BCUT2D eigenvalue weighted by Gasteiger charge is -2.29. The van der Waals surface area contributed by atoms with Crippen molar-refractivity contribution in [2.45, 2.75) is 37.6 Å². The molecule has 5 nitrogen and oxygen atoms in total. The standard InChI is InChI=1S/C14H19N5/c1-19-17-14(16-18-19)9-13(15)12-8-4-6-10-5-2-3-7-11(10)12/h2-3,5,7,12-13H,4,6,8-9,15H2,1H3. The van der Waals surface area contributed by atoms with E-state index in [9.17, 15) is 0 Å². The van der Waals surface area contributed by atoms with Crippen LogP contribution in [0.4, 0.5) is 0 Å². The van der Waals surface area contributed by atoms with Crippen molar-refractivity contribution >= 4 is 0 Å². The molecule has 1 aliphatic carbocycles. The van der Waals surface area contributed by atoms with Gasteiger partial charge in [-0.15, -0.1) is 10.2 Å². The quantitative estimate of drug-likeness (QED) is 0.897. The number of aromatic nitrogens is 4. The van der Waals surface area contributed by atoms with Crippen molar-refractivity contribution in [1.82, 2.24) is 20.2 Å². The van der Waals surface area contributed by atoms with Crippen molar-refractivity contribution in [3.63, 3.8) is 0 Å². The fraction of sp³-hybridized carbons (Fsp3) is 0.500. The first kappa shape index (κ1) is 12.3. The summed E-state index contributed by atoms with van der Waals surface area (Å²) < 4.78 is 0. The fourth-order valence-corrected chi connectivity index (χ4v) is 2.99. The van der Waals surface area contributed by atoms with Crippen LogP contribution in [-0.2, 0) is 19.9 Å². The number of hydrogen-bond acceptors (Lipinski definition) is 4. The fourth-order valence-electron chi connectivity index (χ4n) is 2.99. The summed E-state index contributed by atoms with van der Waals surface area (Å²) in [4.78, 5) is 1.48. The van der Waals surface area contributed by atoms with Crippen molar-refractivity contribution in [3.05, 3.63) is 41.2 Å². The predicted octanol–water partition coefficient (Wildman–Crippen LogP) is 1.20. The molecule has 1 heterocycles. The number of fused-ring (bicyclic) bond motifs is 1. The Morgan fingerprint density at radius 1 is 1.42 bits per heavy atom. The van der Waals surface area contributed by atoms with E-state index in [1.54, 1.807) is 7.05 Å². The molecule has 0 saturated carbocycles. The molecule has 0 aliphatic heterocycles. The van der Waals surface area contributed by atoms with Crippen LogP contribution in [0.5, 0.6) is 0 Å². The number of nitrogens with zero attached hydrogens (tertiary/aromatic N) is 4. The number of aryl methyl sites for hydroxylation is 2. The van der Waals surface area contributed by atoms with Crippen LogP contribution in [0.3, 0.4) is 0 Å². The number of tetrazole rings is 1. The lowest BCUT2D eigenvalue weighted by Crippen LogP contribution is -2.33. The van der Waals surface area contributed by atoms with E-state index in [0.717, 1.165) is 12.2 Å². The molecule has 2 N–H and O–H groups in total. The van der Waals surface area contributed by atoms with E-state index in [2.05, 4.69) is 39.7 Å². The second-order valence-corrected chi connectivity index (χ2v) is 5.26. The maximum atomic E-state index is 6.39. The summed E-state index contributed by atoms with van der Waals surface area (Å²) in [7, 11) is 1.78. The molecular formula is C14H19N5. The minimum absolute atomic E-state index is 0.0608. The van der Waals surface area contributed by atoms with Crippen LogP contribution in [0.2, 0.25) is 0 Å². The van der Waals surface area contributed by atoms with Gasteiger partial charge in [-0.2, -0.15) is 4.80 Å². The van der Waals surface area contributed by atoms with Gasteiger partial charge in [0.2, 0.25) is 0 Å². The van der Waals surface area contributed by atoms with Crippen molar-refractivity contribution in [2.75, 3.05) is 0 Å². The van der Waals surface area contributed by atoms with E-state index in [0.29, 0.717) is 12.3 Å². The summed E-state index contributed by atoms with van der Waals surface area (Å²) in [5, 5.41) is 12.1. The molecule has 2 atom stereocenters. The van der Waals surface area contributed by atoms with Gasteiger partial charge in [0.1, 0.15) is 0 Å². The molecule has 1 aliphatic rings. The predicted molar refractivity (Wildman–Crippen MR) is 72.6 cm³/mol. The molecule has 5 heteroatoms. The van der Waals surface area contributed by atoms with Gasteiger partial charge in [-0.25, -0.2) is 0 Å².